The van der Waals surface area contributed by atoms with Crippen molar-refractivity contribution < 1.29 is 19.4 Å². The van der Waals surface area contributed by atoms with Gasteiger partial charge < -0.3 is 10.00 Å². The van der Waals surface area contributed by atoms with Crippen molar-refractivity contribution in [3.63, 3.8) is 0 Å². The van der Waals surface area contributed by atoms with Gasteiger partial charge in [0.2, 0.25) is 7.37 Å². The average Bonchev–Trinajstić information content (AvgIpc) is 2.57. The molecule has 4 nitrogen and oxygen atoms in total. The number of unbranched alkanes of at least 4 members (excludes halogenated alkanes) is 4. The van der Waals surface area contributed by atoms with Crippen molar-refractivity contribution in [2.75, 3.05) is 0 Å². The first-order valence-corrected chi connectivity index (χ1v) is 11.4. The summed E-state index contributed by atoms with van der Waals surface area (Å²) >= 11 is 0. The van der Waals surface area contributed by atoms with E-state index in [1.807, 2.05) is 37.3 Å². The number of carboxylic acid groups (broad SMARTS) is 1. The molecule has 142 valence electrons. The summed E-state index contributed by atoms with van der Waals surface area (Å²) in [5.74, 6) is -1.67. The molecule has 0 bridgehead atoms. The molecule has 0 aromatic heterocycles. The van der Waals surface area contributed by atoms with E-state index < -0.39 is 24.9 Å². The minimum Gasteiger partial charge on any atom is -0.481 e. The van der Waals surface area contributed by atoms with Crippen LogP contribution in [0.3, 0.4) is 0 Å². The summed E-state index contributed by atoms with van der Waals surface area (Å²) in [6, 6.07) is 9.22. The average molecular weight is 368 g/mol. The highest BCUT2D eigenvalue weighted by molar-refractivity contribution is 7.58. The molecule has 0 fully saturated rings. The lowest BCUT2D eigenvalue weighted by atomic mass is 9.94. The Kier molecular flexibility index (Phi) is 10.1. The molecule has 1 aromatic carbocycles. The number of hydrogen-bond donors (Lipinski definition) is 2. The summed E-state index contributed by atoms with van der Waals surface area (Å²) in [7, 11) is -3.60. The Morgan fingerprint density at radius 3 is 2.20 bits per heavy atom. The molecule has 25 heavy (non-hydrogen) atoms. The molecule has 0 aliphatic carbocycles. The molecule has 0 heterocycles. The summed E-state index contributed by atoms with van der Waals surface area (Å²) < 4.78 is 13.1. The molecule has 1 rings (SSSR count). The van der Waals surface area contributed by atoms with Crippen molar-refractivity contribution in [1.82, 2.24) is 0 Å². The highest BCUT2D eigenvalue weighted by Gasteiger charge is 2.40. The number of aliphatic carboxylic acids is 1. The third kappa shape index (κ3) is 7.75. The third-order valence-corrected chi connectivity index (χ3v) is 7.25. The molecule has 0 spiro atoms. The lowest BCUT2D eigenvalue weighted by Crippen LogP contribution is -2.29. The molecular weight excluding hydrogens is 335 g/mol. The van der Waals surface area contributed by atoms with Crippen LogP contribution in [0.4, 0.5) is 0 Å². The Hall–Kier alpha value is -1.12. The zero-order chi connectivity index (χ0) is 18.7. The van der Waals surface area contributed by atoms with E-state index in [9.17, 15) is 19.4 Å². The van der Waals surface area contributed by atoms with Gasteiger partial charge in [-0.05, 0) is 18.4 Å². The van der Waals surface area contributed by atoms with E-state index in [-0.39, 0.29) is 6.16 Å². The largest absolute Gasteiger partial charge is 0.481 e. The first kappa shape index (κ1) is 21.9. The van der Waals surface area contributed by atoms with Gasteiger partial charge in [0.15, 0.2) is 0 Å². The zero-order valence-electron chi connectivity index (χ0n) is 15.6. The number of carbonyl (C=O) groups is 1. The van der Waals surface area contributed by atoms with Gasteiger partial charge in [0.05, 0.1) is 5.92 Å². The molecule has 0 aliphatic rings. The second kappa shape index (κ2) is 11.5. The molecule has 2 N–H and O–H groups in total. The minimum atomic E-state index is -3.60. The van der Waals surface area contributed by atoms with Gasteiger partial charge in [0.25, 0.3) is 0 Å². The predicted molar refractivity (Wildman–Crippen MR) is 103 cm³/mol. The molecule has 0 radical (unpaired) electrons. The van der Waals surface area contributed by atoms with E-state index in [0.29, 0.717) is 12.8 Å². The van der Waals surface area contributed by atoms with Crippen LogP contribution >= 0.6 is 7.37 Å². The third-order valence-electron chi connectivity index (χ3n) is 4.77. The molecular formula is C20H33O4P. The molecule has 0 amide bonds. The molecule has 0 aliphatic heterocycles. The van der Waals surface area contributed by atoms with E-state index in [1.165, 1.54) is 0 Å². The fourth-order valence-electron chi connectivity index (χ4n) is 3.33. The monoisotopic (exact) mass is 368 g/mol. The van der Waals surface area contributed by atoms with Gasteiger partial charge in [-0.15, -0.1) is 0 Å². The second-order valence-electron chi connectivity index (χ2n) is 6.90. The van der Waals surface area contributed by atoms with Gasteiger partial charge in [-0.1, -0.05) is 82.7 Å². The van der Waals surface area contributed by atoms with Gasteiger partial charge in [-0.25, -0.2) is 0 Å². The standard InChI is InChI=1S/C20H33O4P/c1-3-5-7-11-15-19(18(20(21)22)14-6-4-2)25(23,24)16-17-12-9-8-10-13-17/h8-10,12-13,18-19H,3-7,11,14-16H2,1-2H3,(H,21,22)(H,23,24). The van der Waals surface area contributed by atoms with E-state index in [0.717, 1.165) is 44.1 Å². The second-order valence-corrected chi connectivity index (χ2v) is 9.39. The van der Waals surface area contributed by atoms with Crippen LogP contribution in [-0.4, -0.2) is 21.6 Å². The van der Waals surface area contributed by atoms with Gasteiger partial charge in [0, 0.05) is 11.8 Å². The highest BCUT2D eigenvalue weighted by atomic mass is 31.2. The molecule has 3 atom stereocenters. The molecule has 0 saturated heterocycles. The molecule has 3 unspecified atom stereocenters. The maximum atomic E-state index is 13.1. The number of rotatable bonds is 13. The van der Waals surface area contributed by atoms with E-state index in [4.69, 9.17) is 0 Å². The van der Waals surface area contributed by atoms with Crippen LogP contribution in [-0.2, 0) is 15.5 Å². The quantitative estimate of drug-likeness (QED) is 0.347. The summed E-state index contributed by atoms with van der Waals surface area (Å²) in [5.41, 5.74) is 0.139. The summed E-state index contributed by atoms with van der Waals surface area (Å²) in [5, 5.41) is 9.67. The zero-order valence-corrected chi connectivity index (χ0v) is 16.5. The Morgan fingerprint density at radius 1 is 1.00 bits per heavy atom. The topological polar surface area (TPSA) is 74.6 Å². The summed E-state index contributed by atoms with van der Waals surface area (Å²) in [6.45, 7) is 4.13. The van der Waals surface area contributed by atoms with Crippen LogP contribution < -0.4 is 0 Å². The van der Waals surface area contributed by atoms with Crippen molar-refractivity contribution >= 4 is 13.3 Å². The van der Waals surface area contributed by atoms with Crippen molar-refractivity contribution in [2.45, 2.75) is 77.0 Å². The van der Waals surface area contributed by atoms with E-state index in [2.05, 4.69) is 6.92 Å². The Bertz CT molecular complexity index is 544. The van der Waals surface area contributed by atoms with Gasteiger partial charge in [-0.3, -0.25) is 9.36 Å². The van der Waals surface area contributed by atoms with Crippen LogP contribution in [0.1, 0.15) is 70.8 Å². The smallest absolute Gasteiger partial charge is 0.307 e. The number of hydrogen-bond acceptors (Lipinski definition) is 2. The van der Waals surface area contributed by atoms with Crippen LogP contribution in [0.5, 0.6) is 0 Å². The minimum absolute atomic E-state index is 0.0577. The number of benzene rings is 1. The van der Waals surface area contributed by atoms with Crippen molar-refractivity contribution in [3.8, 4) is 0 Å². The lowest BCUT2D eigenvalue weighted by molar-refractivity contribution is -0.142. The van der Waals surface area contributed by atoms with Gasteiger partial charge in [0.1, 0.15) is 0 Å². The van der Waals surface area contributed by atoms with Crippen molar-refractivity contribution in [1.29, 1.82) is 0 Å². The maximum Gasteiger partial charge on any atom is 0.307 e. The maximum absolute atomic E-state index is 13.1. The fourth-order valence-corrected chi connectivity index (χ4v) is 5.72. The fraction of sp³-hybridized carbons (Fsp3) is 0.650. The highest BCUT2D eigenvalue weighted by Crippen LogP contribution is 2.55. The lowest BCUT2D eigenvalue weighted by Gasteiger charge is -2.29. The first-order valence-electron chi connectivity index (χ1n) is 9.50. The van der Waals surface area contributed by atoms with E-state index in [1.54, 1.807) is 0 Å². The Balaban J connectivity index is 2.96. The molecule has 5 heteroatoms. The van der Waals surface area contributed by atoms with Crippen LogP contribution in [0.25, 0.3) is 0 Å². The van der Waals surface area contributed by atoms with Gasteiger partial charge in [-0.2, -0.15) is 0 Å². The summed E-state index contributed by atoms with van der Waals surface area (Å²) in [6.07, 6.45) is 6.67. The van der Waals surface area contributed by atoms with Crippen LogP contribution in [0.2, 0.25) is 0 Å². The van der Waals surface area contributed by atoms with Gasteiger partial charge >= 0.3 is 5.97 Å². The van der Waals surface area contributed by atoms with Crippen LogP contribution in [0, 0.1) is 5.92 Å². The van der Waals surface area contributed by atoms with Crippen molar-refractivity contribution in [2.24, 2.45) is 5.92 Å². The normalized spacial score (nSPS) is 16.1. The predicted octanol–water partition coefficient (Wildman–Crippen LogP) is 5.69. The number of carboxylic acids is 1. The SMILES string of the molecule is CCCCCCC(C(CCCC)C(=O)O)P(=O)(O)Cc1ccccc1. The van der Waals surface area contributed by atoms with Crippen LogP contribution in [0.15, 0.2) is 30.3 Å². The van der Waals surface area contributed by atoms with E-state index >= 15 is 0 Å². The Morgan fingerprint density at radius 2 is 1.64 bits per heavy atom. The first-order chi connectivity index (χ1) is 11.9. The summed E-state index contributed by atoms with van der Waals surface area (Å²) in [4.78, 5) is 22.6. The Labute approximate surface area is 152 Å². The van der Waals surface area contributed by atoms with Crippen molar-refractivity contribution in [3.05, 3.63) is 35.9 Å². The molecule has 0 saturated carbocycles. The molecule has 1 aromatic rings.